The van der Waals surface area contributed by atoms with E-state index in [-0.39, 0.29) is 10.1 Å². The number of aromatic nitrogens is 3. The highest BCUT2D eigenvalue weighted by Gasteiger charge is 2.17. The van der Waals surface area contributed by atoms with Crippen molar-refractivity contribution in [2.45, 2.75) is 12.1 Å². The molecule has 10 heteroatoms. The van der Waals surface area contributed by atoms with Gasteiger partial charge in [0, 0.05) is 20.6 Å². The normalized spacial score (nSPS) is 11.5. The molecule has 3 aromatic rings. The van der Waals surface area contributed by atoms with Crippen LogP contribution in [0.5, 0.6) is 5.75 Å². The number of carbonyl (C=O) groups is 1. The molecule has 0 bridgehead atoms. The average Bonchev–Trinajstić information content (AvgIpc) is 3.13. The Kier molecular flexibility index (Phi) is 7.39. The highest BCUT2D eigenvalue weighted by Crippen LogP contribution is 2.36. The Hall–Kier alpha value is -1.81. The Bertz CT molecular complexity index is 1070. The number of halogens is 3. The van der Waals surface area contributed by atoms with Gasteiger partial charge in [0.25, 0.3) is 0 Å². The van der Waals surface area contributed by atoms with E-state index in [4.69, 9.17) is 16.3 Å². The highest BCUT2D eigenvalue weighted by atomic mass is 79.9. The van der Waals surface area contributed by atoms with Crippen molar-refractivity contribution >= 4 is 67.3 Å². The minimum absolute atomic E-state index is 0.0533. The van der Waals surface area contributed by atoms with Crippen LogP contribution >= 0.6 is 55.2 Å². The third-order valence-electron chi connectivity index (χ3n) is 3.61. The van der Waals surface area contributed by atoms with Gasteiger partial charge in [0.05, 0.1) is 11.1 Å². The quantitative estimate of drug-likeness (QED) is 0.262. The fourth-order valence-electron chi connectivity index (χ4n) is 2.39. The highest BCUT2D eigenvalue weighted by molar-refractivity contribution is 9.11. The molecule has 2 N–H and O–H groups in total. The Morgan fingerprint density at radius 3 is 2.69 bits per heavy atom. The van der Waals surface area contributed by atoms with Crippen molar-refractivity contribution in [2.75, 3.05) is 6.61 Å². The summed E-state index contributed by atoms with van der Waals surface area (Å²) in [4.78, 5) is 16.2. The van der Waals surface area contributed by atoms with E-state index >= 15 is 0 Å². The molecule has 0 spiro atoms. The van der Waals surface area contributed by atoms with E-state index in [0.29, 0.717) is 28.8 Å². The number of nitrogens with zero attached hydrogens (tertiary/aromatic N) is 2. The number of nitrogens with one attached hydrogen (secondary N) is 1. The third kappa shape index (κ3) is 5.63. The fourth-order valence-corrected chi connectivity index (χ4v) is 4.58. The first-order valence-electron chi connectivity index (χ1n) is 8.30. The Morgan fingerprint density at radius 2 is 2.03 bits per heavy atom. The van der Waals surface area contributed by atoms with Crippen molar-refractivity contribution in [1.82, 2.24) is 15.2 Å². The summed E-state index contributed by atoms with van der Waals surface area (Å²) in [7, 11) is 0. The van der Waals surface area contributed by atoms with E-state index in [1.165, 1.54) is 6.08 Å². The molecule has 2 aromatic carbocycles. The maximum atomic E-state index is 11.8. The van der Waals surface area contributed by atoms with E-state index in [0.717, 1.165) is 26.3 Å². The molecule has 0 saturated heterocycles. The number of rotatable bonds is 7. The lowest BCUT2D eigenvalue weighted by Gasteiger charge is -2.11. The van der Waals surface area contributed by atoms with E-state index < -0.39 is 5.97 Å². The first-order valence-corrected chi connectivity index (χ1v) is 11.1. The standard InChI is InChI=1S/C19H14Br2ClN3O3S/c1-2-28-16-11(7-12(20)9-14(16)21)8-15(18(26)27)29-19-23-17(24-25-19)10-3-5-13(22)6-4-10/h3-9H,2H2,1H3,(H,26,27)(H,23,24,25)/b15-8-. The maximum absolute atomic E-state index is 11.8. The number of carboxylic acids is 1. The second kappa shape index (κ2) is 9.80. The number of carboxylic acid groups (broad SMARTS) is 1. The van der Waals surface area contributed by atoms with Crippen LogP contribution in [0.25, 0.3) is 17.5 Å². The van der Waals surface area contributed by atoms with Gasteiger partial charge < -0.3 is 9.84 Å². The summed E-state index contributed by atoms with van der Waals surface area (Å²) in [6.07, 6.45) is 1.53. The lowest BCUT2D eigenvalue weighted by Crippen LogP contribution is -1.99. The van der Waals surface area contributed by atoms with Gasteiger partial charge >= 0.3 is 5.97 Å². The van der Waals surface area contributed by atoms with Gasteiger partial charge in [0.15, 0.2) is 5.82 Å². The molecule has 150 valence electrons. The van der Waals surface area contributed by atoms with E-state index in [1.54, 1.807) is 30.3 Å². The van der Waals surface area contributed by atoms with Crippen molar-refractivity contribution in [3.63, 3.8) is 0 Å². The molecule has 0 unspecified atom stereocenters. The Morgan fingerprint density at radius 1 is 1.31 bits per heavy atom. The summed E-state index contributed by atoms with van der Waals surface area (Å²) < 4.78 is 7.17. The van der Waals surface area contributed by atoms with Crippen LogP contribution in [0.4, 0.5) is 0 Å². The third-order valence-corrected chi connectivity index (χ3v) is 5.78. The number of aliphatic carboxylic acids is 1. The smallest absolute Gasteiger partial charge is 0.342 e. The molecule has 0 fully saturated rings. The lowest BCUT2D eigenvalue weighted by atomic mass is 10.2. The Balaban J connectivity index is 1.92. The van der Waals surface area contributed by atoms with Crippen LogP contribution in [0.1, 0.15) is 12.5 Å². The minimum atomic E-state index is -1.09. The number of benzene rings is 2. The maximum Gasteiger partial charge on any atom is 0.342 e. The molecule has 3 rings (SSSR count). The topological polar surface area (TPSA) is 88.1 Å². The van der Waals surface area contributed by atoms with E-state index in [1.807, 2.05) is 13.0 Å². The molecule has 0 atom stereocenters. The fraction of sp³-hybridized carbons (Fsp3) is 0.105. The van der Waals surface area contributed by atoms with Crippen molar-refractivity contribution in [2.24, 2.45) is 0 Å². The zero-order chi connectivity index (χ0) is 21.0. The van der Waals surface area contributed by atoms with Gasteiger partial charge in [0.1, 0.15) is 10.7 Å². The molecule has 0 aliphatic rings. The van der Waals surface area contributed by atoms with Crippen molar-refractivity contribution in [3.05, 3.63) is 60.8 Å². The number of aromatic amines is 1. The first-order chi connectivity index (χ1) is 13.9. The van der Waals surface area contributed by atoms with E-state index in [2.05, 4.69) is 47.0 Å². The van der Waals surface area contributed by atoms with Crippen LogP contribution in [0, 0.1) is 0 Å². The summed E-state index contributed by atoms with van der Waals surface area (Å²) in [6, 6.07) is 10.7. The van der Waals surface area contributed by atoms with Crippen molar-refractivity contribution < 1.29 is 14.6 Å². The van der Waals surface area contributed by atoms with Crippen LogP contribution in [-0.2, 0) is 4.79 Å². The number of hydrogen-bond donors (Lipinski definition) is 2. The van der Waals surface area contributed by atoms with Crippen LogP contribution in [-0.4, -0.2) is 32.9 Å². The summed E-state index contributed by atoms with van der Waals surface area (Å²) in [5.41, 5.74) is 1.41. The van der Waals surface area contributed by atoms with Gasteiger partial charge in [0.2, 0.25) is 5.16 Å². The average molecular weight is 560 g/mol. The van der Waals surface area contributed by atoms with Gasteiger partial charge in [-0.05, 0) is 77.1 Å². The van der Waals surface area contributed by atoms with Crippen LogP contribution in [0.15, 0.2) is 55.4 Å². The predicted octanol–water partition coefficient (Wildman–Crippen LogP) is 6.27. The molecule has 0 saturated carbocycles. The largest absolute Gasteiger partial charge is 0.492 e. The number of H-pyrrole nitrogens is 1. The molecule has 0 amide bonds. The molecule has 1 heterocycles. The monoisotopic (exact) mass is 557 g/mol. The zero-order valence-electron chi connectivity index (χ0n) is 14.9. The van der Waals surface area contributed by atoms with Crippen molar-refractivity contribution in [3.8, 4) is 17.1 Å². The molecule has 1 aromatic heterocycles. The predicted molar refractivity (Wildman–Crippen MR) is 121 cm³/mol. The molecular formula is C19H14Br2ClN3O3S. The number of hydrogen-bond acceptors (Lipinski definition) is 5. The molecule has 29 heavy (non-hydrogen) atoms. The second-order valence-electron chi connectivity index (χ2n) is 5.63. The zero-order valence-corrected chi connectivity index (χ0v) is 19.7. The molecule has 0 aliphatic heterocycles. The Labute approximate surface area is 193 Å². The number of thioether (sulfide) groups is 1. The van der Waals surface area contributed by atoms with Crippen LogP contribution in [0.2, 0.25) is 5.02 Å². The molecular weight excluding hydrogens is 546 g/mol. The lowest BCUT2D eigenvalue weighted by molar-refractivity contribution is -0.131. The molecule has 0 radical (unpaired) electrons. The van der Waals surface area contributed by atoms with Gasteiger partial charge in [-0.1, -0.05) is 27.5 Å². The molecule has 6 nitrogen and oxygen atoms in total. The second-order valence-corrected chi connectivity index (χ2v) is 8.84. The summed E-state index contributed by atoms with van der Waals surface area (Å²) >= 11 is 13.7. The van der Waals surface area contributed by atoms with Gasteiger partial charge in [-0.25, -0.2) is 9.78 Å². The molecule has 0 aliphatic carbocycles. The first kappa shape index (κ1) is 21.9. The van der Waals surface area contributed by atoms with Gasteiger partial charge in [-0.3, -0.25) is 5.10 Å². The van der Waals surface area contributed by atoms with Crippen molar-refractivity contribution in [1.29, 1.82) is 0 Å². The minimum Gasteiger partial charge on any atom is -0.492 e. The SMILES string of the molecule is CCOc1c(Br)cc(Br)cc1/C=C(\Sc1n[nH]c(-c2ccc(Cl)cc2)n1)C(=O)O. The summed E-state index contributed by atoms with van der Waals surface area (Å²) in [5.74, 6) is -0.00705. The summed E-state index contributed by atoms with van der Waals surface area (Å²) in [5, 5.41) is 17.5. The van der Waals surface area contributed by atoms with E-state index in [9.17, 15) is 9.90 Å². The van der Waals surface area contributed by atoms with Crippen LogP contribution in [0.3, 0.4) is 0 Å². The van der Waals surface area contributed by atoms with Gasteiger partial charge in [-0.15, -0.1) is 5.10 Å². The van der Waals surface area contributed by atoms with Crippen LogP contribution < -0.4 is 4.74 Å². The summed E-state index contributed by atoms with van der Waals surface area (Å²) in [6.45, 7) is 2.31. The van der Waals surface area contributed by atoms with Gasteiger partial charge in [-0.2, -0.15) is 0 Å². The number of ether oxygens (including phenoxy) is 1.